The van der Waals surface area contributed by atoms with E-state index < -0.39 is 10.0 Å². The number of methoxy groups -OCH3 is 1. The summed E-state index contributed by atoms with van der Waals surface area (Å²) in [6.07, 6.45) is 1.48. The highest BCUT2D eigenvalue weighted by atomic mass is 127. The summed E-state index contributed by atoms with van der Waals surface area (Å²) in [5, 5.41) is 3.29. The molecular formula is C18H29IN4O4S. The quantitative estimate of drug-likeness (QED) is 0.272. The molecule has 158 valence electrons. The van der Waals surface area contributed by atoms with Gasteiger partial charge in [0.2, 0.25) is 10.0 Å². The summed E-state index contributed by atoms with van der Waals surface area (Å²) in [6, 6.07) is 6.80. The van der Waals surface area contributed by atoms with Crippen LogP contribution in [0.3, 0.4) is 0 Å². The third-order valence-electron chi connectivity index (χ3n) is 4.69. The molecule has 1 aliphatic heterocycles. The van der Waals surface area contributed by atoms with Crippen LogP contribution in [-0.2, 0) is 26.1 Å². The predicted molar refractivity (Wildman–Crippen MR) is 119 cm³/mol. The number of nitrogens with one attached hydrogen (secondary N) is 1. The first-order valence-electron chi connectivity index (χ1n) is 8.84. The van der Waals surface area contributed by atoms with Crippen LogP contribution in [0.25, 0.3) is 0 Å². The van der Waals surface area contributed by atoms with E-state index in [4.69, 9.17) is 4.74 Å². The van der Waals surface area contributed by atoms with Gasteiger partial charge in [-0.15, -0.1) is 24.0 Å². The van der Waals surface area contributed by atoms with Crippen LogP contribution in [0.1, 0.15) is 18.4 Å². The van der Waals surface area contributed by atoms with Crippen molar-refractivity contribution >= 4 is 45.9 Å². The number of hydrogen-bond acceptors (Lipinski definition) is 5. The van der Waals surface area contributed by atoms with Gasteiger partial charge in [-0.05, 0) is 30.5 Å². The van der Waals surface area contributed by atoms with Gasteiger partial charge < -0.3 is 15.0 Å². The predicted octanol–water partition coefficient (Wildman–Crippen LogP) is 1.52. The van der Waals surface area contributed by atoms with E-state index in [1.165, 1.54) is 25.5 Å². The molecule has 2 rings (SSSR count). The molecule has 0 bridgehead atoms. The molecule has 8 nitrogen and oxygen atoms in total. The van der Waals surface area contributed by atoms with Gasteiger partial charge in [-0.3, -0.25) is 9.79 Å². The molecule has 0 radical (unpaired) electrons. The number of esters is 1. The zero-order chi connectivity index (χ0) is 20.0. The molecule has 0 spiro atoms. The Kier molecular flexibility index (Phi) is 9.64. The average Bonchev–Trinajstić information content (AvgIpc) is 2.68. The Labute approximate surface area is 184 Å². The molecule has 1 aromatic carbocycles. The van der Waals surface area contributed by atoms with Gasteiger partial charge >= 0.3 is 5.97 Å². The summed E-state index contributed by atoms with van der Waals surface area (Å²) in [6.45, 7) is 2.00. The van der Waals surface area contributed by atoms with E-state index in [9.17, 15) is 13.2 Å². The number of rotatable bonds is 5. The number of hydrogen-bond donors (Lipinski definition) is 1. The largest absolute Gasteiger partial charge is 0.469 e. The fourth-order valence-electron chi connectivity index (χ4n) is 3.00. The lowest BCUT2D eigenvalue weighted by molar-refractivity contribution is -0.146. The molecule has 0 amide bonds. The maximum absolute atomic E-state index is 12.1. The summed E-state index contributed by atoms with van der Waals surface area (Å²) in [5.41, 5.74) is 0.957. The molecular weight excluding hydrogens is 495 g/mol. The van der Waals surface area contributed by atoms with Crippen LogP contribution in [0.15, 0.2) is 34.2 Å². The molecule has 1 aliphatic rings. The van der Waals surface area contributed by atoms with Gasteiger partial charge in [0.25, 0.3) is 0 Å². The second-order valence-corrected chi connectivity index (χ2v) is 8.77. The Balaban J connectivity index is 0.00000392. The molecule has 0 aliphatic carbocycles. The number of likely N-dealkylation sites (tertiary alicyclic amines) is 1. The first kappa shape index (κ1) is 24.6. The lowest BCUT2D eigenvalue weighted by Gasteiger charge is -2.33. The summed E-state index contributed by atoms with van der Waals surface area (Å²) in [5.74, 6) is 0.573. The van der Waals surface area contributed by atoms with Gasteiger partial charge in [-0.25, -0.2) is 12.7 Å². The summed E-state index contributed by atoms with van der Waals surface area (Å²) < 4.78 is 30.2. The van der Waals surface area contributed by atoms with Crippen molar-refractivity contribution in [3.63, 3.8) is 0 Å². The van der Waals surface area contributed by atoms with Crippen LogP contribution in [0.2, 0.25) is 0 Å². The molecule has 0 atom stereocenters. The highest BCUT2D eigenvalue weighted by Gasteiger charge is 2.27. The number of carbonyl (C=O) groups excluding carboxylic acids is 1. The fraction of sp³-hybridized carbons (Fsp3) is 0.556. The zero-order valence-electron chi connectivity index (χ0n) is 16.7. The molecule has 28 heavy (non-hydrogen) atoms. The lowest BCUT2D eigenvalue weighted by atomic mass is 9.97. The number of carbonyl (C=O) groups is 1. The third kappa shape index (κ3) is 6.05. The highest BCUT2D eigenvalue weighted by molar-refractivity contribution is 14.0. The Morgan fingerprint density at radius 1 is 1.25 bits per heavy atom. The first-order chi connectivity index (χ1) is 12.8. The number of nitrogens with zero attached hydrogens (tertiary/aromatic N) is 3. The second kappa shape index (κ2) is 11.0. The smallest absolute Gasteiger partial charge is 0.308 e. The molecule has 0 saturated carbocycles. The molecule has 10 heteroatoms. The summed E-state index contributed by atoms with van der Waals surface area (Å²) in [4.78, 5) is 18.3. The second-order valence-electron chi connectivity index (χ2n) is 6.62. The Morgan fingerprint density at radius 2 is 1.82 bits per heavy atom. The van der Waals surface area contributed by atoms with Crippen LogP contribution >= 0.6 is 24.0 Å². The number of halogens is 1. The molecule has 1 N–H and O–H groups in total. The van der Waals surface area contributed by atoms with Gasteiger partial charge in [0.05, 0.1) is 17.9 Å². The van der Waals surface area contributed by atoms with Crippen molar-refractivity contribution in [2.24, 2.45) is 10.9 Å². The Hall–Kier alpha value is -1.40. The van der Waals surface area contributed by atoms with E-state index in [0.29, 0.717) is 6.54 Å². The monoisotopic (exact) mass is 524 g/mol. The number of piperidine rings is 1. The SMILES string of the molecule is CN=C(NCc1ccc(S(=O)(=O)N(C)C)cc1)N1CCC(C(=O)OC)CC1.I. The van der Waals surface area contributed by atoms with Crippen molar-refractivity contribution < 1.29 is 17.9 Å². The van der Waals surface area contributed by atoms with Crippen molar-refractivity contribution in [1.82, 2.24) is 14.5 Å². The molecule has 1 heterocycles. The minimum Gasteiger partial charge on any atom is -0.469 e. The van der Waals surface area contributed by atoms with Crippen molar-refractivity contribution in [1.29, 1.82) is 0 Å². The van der Waals surface area contributed by atoms with Crippen LogP contribution in [0.5, 0.6) is 0 Å². The van der Waals surface area contributed by atoms with E-state index in [2.05, 4.69) is 15.2 Å². The first-order valence-corrected chi connectivity index (χ1v) is 10.3. The van der Waals surface area contributed by atoms with Gasteiger partial charge in [0.1, 0.15) is 0 Å². The van der Waals surface area contributed by atoms with E-state index >= 15 is 0 Å². The molecule has 1 fully saturated rings. The normalized spacial score (nSPS) is 15.9. The fourth-order valence-corrected chi connectivity index (χ4v) is 3.90. The third-order valence-corrected chi connectivity index (χ3v) is 6.52. The topological polar surface area (TPSA) is 91.3 Å². The number of guanidine groups is 1. The van der Waals surface area contributed by atoms with Gasteiger partial charge in [-0.2, -0.15) is 0 Å². The minimum atomic E-state index is -3.42. The Bertz CT molecular complexity index is 773. The maximum Gasteiger partial charge on any atom is 0.308 e. The van der Waals surface area contributed by atoms with Crippen molar-refractivity contribution in [3.8, 4) is 0 Å². The molecule has 1 aromatic rings. The van der Waals surface area contributed by atoms with Gasteiger partial charge in [0, 0.05) is 40.8 Å². The van der Waals surface area contributed by atoms with E-state index in [-0.39, 0.29) is 40.8 Å². The standard InChI is InChI=1S/C18H28N4O4S.HI/c1-19-18(22-11-9-15(10-12-22)17(23)26-4)20-13-14-5-7-16(8-6-14)27(24,25)21(2)3;/h5-8,15H,9-13H2,1-4H3,(H,19,20);1H. The molecule has 0 unspecified atom stereocenters. The van der Waals surface area contributed by atoms with Crippen molar-refractivity contribution in [3.05, 3.63) is 29.8 Å². The Morgan fingerprint density at radius 3 is 2.29 bits per heavy atom. The number of ether oxygens (including phenoxy) is 1. The number of aliphatic imine (C=N–C) groups is 1. The average molecular weight is 524 g/mol. The summed E-state index contributed by atoms with van der Waals surface area (Å²) in [7, 11) is 2.75. The highest BCUT2D eigenvalue weighted by Crippen LogP contribution is 2.19. The summed E-state index contributed by atoms with van der Waals surface area (Å²) >= 11 is 0. The lowest BCUT2D eigenvalue weighted by Crippen LogP contribution is -2.46. The number of benzene rings is 1. The van der Waals surface area contributed by atoms with Gasteiger partial charge in [-0.1, -0.05) is 12.1 Å². The van der Waals surface area contributed by atoms with E-state index in [1.54, 1.807) is 31.3 Å². The van der Waals surface area contributed by atoms with Crippen molar-refractivity contribution in [2.75, 3.05) is 41.3 Å². The zero-order valence-corrected chi connectivity index (χ0v) is 19.9. The number of sulfonamides is 1. The van der Waals surface area contributed by atoms with Crippen molar-refractivity contribution in [2.45, 2.75) is 24.3 Å². The van der Waals surface area contributed by atoms with E-state index in [0.717, 1.165) is 37.5 Å². The van der Waals surface area contributed by atoms with Crippen LogP contribution in [0.4, 0.5) is 0 Å². The van der Waals surface area contributed by atoms with Gasteiger partial charge in [0.15, 0.2) is 5.96 Å². The van der Waals surface area contributed by atoms with Crippen LogP contribution in [0, 0.1) is 5.92 Å². The molecule has 1 saturated heterocycles. The minimum absolute atomic E-state index is 0. The molecule has 0 aromatic heterocycles. The van der Waals surface area contributed by atoms with E-state index in [1.807, 2.05) is 0 Å². The van der Waals surface area contributed by atoms with Crippen LogP contribution in [-0.4, -0.2) is 70.9 Å². The maximum atomic E-state index is 12.1. The van der Waals surface area contributed by atoms with Crippen LogP contribution < -0.4 is 5.32 Å².